The smallest absolute Gasteiger partial charge is 0.270 e. The number of anilines is 1. The maximum Gasteiger partial charge on any atom is 0.270 e. The summed E-state index contributed by atoms with van der Waals surface area (Å²) in [5, 5.41) is 16.2. The van der Waals surface area contributed by atoms with Gasteiger partial charge in [-0.3, -0.25) is 14.2 Å². The van der Waals surface area contributed by atoms with Gasteiger partial charge >= 0.3 is 0 Å². The average molecular weight is 549 g/mol. The maximum absolute atomic E-state index is 13.2. The zero-order valence-electron chi connectivity index (χ0n) is 22.5. The number of hydrogen-bond donors (Lipinski definition) is 2. The van der Waals surface area contributed by atoms with E-state index >= 15 is 0 Å². The van der Waals surface area contributed by atoms with E-state index in [1.54, 1.807) is 22.9 Å². The fourth-order valence-electron chi connectivity index (χ4n) is 5.59. The number of nitrogens with one attached hydrogen (secondary N) is 2. The lowest BCUT2D eigenvalue weighted by molar-refractivity contribution is 0.0952. The summed E-state index contributed by atoms with van der Waals surface area (Å²) in [4.78, 5) is 33.1. The third kappa shape index (κ3) is 6.10. The van der Waals surface area contributed by atoms with Gasteiger partial charge in [-0.15, -0.1) is 11.3 Å². The quantitative estimate of drug-likeness (QED) is 0.466. The van der Waals surface area contributed by atoms with Crippen LogP contribution in [0.15, 0.2) is 34.1 Å². The minimum Gasteiger partial charge on any atom is -0.474 e. The molecular formula is C29H36N6O3S. The monoisotopic (exact) mass is 548 g/mol. The Morgan fingerprint density at radius 1 is 1.26 bits per heavy atom. The predicted octanol–water partition coefficient (Wildman–Crippen LogP) is 2.41. The molecule has 1 saturated carbocycles. The van der Waals surface area contributed by atoms with Crippen molar-refractivity contribution in [1.29, 1.82) is 5.26 Å². The number of nitriles is 1. The highest BCUT2D eigenvalue weighted by Crippen LogP contribution is 2.37. The third-order valence-corrected chi connectivity index (χ3v) is 8.87. The van der Waals surface area contributed by atoms with Crippen LogP contribution in [0.2, 0.25) is 0 Å². The van der Waals surface area contributed by atoms with Gasteiger partial charge in [0.1, 0.15) is 27.4 Å². The van der Waals surface area contributed by atoms with Crippen molar-refractivity contribution in [3.05, 3.63) is 49.4 Å². The molecule has 206 valence electrons. The molecule has 5 rings (SSSR count). The molecule has 2 N–H and O–H groups in total. The van der Waals surface area contributed by atoms with Crippen LogP contribution in [0.25, 0.3) is 11.8 Å². The number of carbonyl (C=O) groups excluding carboxylic acids is 1. The fourth-order valence-corrected chi connectivity index (χ4v) is 6.67. The van der Waals surface area contributed by atoms with Gasteiger partial charge < -0.3 is 20.3 Å². The van der Waals surface area contributed by atoms with E-state index < -0.39 is 0 Å². The molecule has 1 amide bonds. The van der Waals surface area contributed by atoms with Crippen LogP contribution in [0.4, 0.5) is 5.69 Å². The summed E-state index contributed by atoms with van der Waals surface area (Å²) in [7, 11) is 0. The van der Waals surface area contributed by atoms with Crippen molar-refractivity contribution in [3.63, 3.8) is 0 Å². The first-order valence-corrected chi connectivity index (χ1v) is 14.8. The van der Waals surface area contributed by atoms with Gasteiger partial charge in [-0.05, 0) is 76.9 Å². The first kappa shape index (κ1) is 27.2. The lowest BCUT2D eigenvalue weighted by Gasteiger charge is -2.14. The summed E-state index contributed by atoms with van der Waals surface area (Å²) >= 11 is 1.24. The van der Waals surface area contributed by atoms with Crippen LogP contribution in [0.5, 0.6) is 0 Å². The number of aliphatic imine (C=N–C) groups is 1. The van der Waals surface area contributed by atoms with Gasteiger partial charge in [0.15, 0.2) is 0 Å². The van der Waals surface area contributed by atoms with Gasteiger partial charge in [0.2, 0.25) is 5.90 Å². The van der Waals surface area contributed by atoms with Crippen molar-refractivity contribution < 1.29 is 9.53 Å². The van der Waals surface area contributed by atoms with Crippen molar-refractivity contribution in [2.24, 2.45) is 4.99 Å². The van der Waals surface area contributed by atoms with Gasteiger partial charge in [0, 0.05) is 30.5 Å². The van der Waals surface area contributed by atoms with E-state index in [1.807, 2.05) is 19.1 Å². The Morgan fingerprint density at radius 2 is 2.05 bits per heavy atom. The molecule has 1 aromatic heterocycles. The summed E-state index contributed by atoms with van der Waals surface area (Å²) < 4.78 is 8.49. The second-order valence-electron chi connectivity index (χ2n) is 10.5. The van der Waals surface area contributed by atoms with E-state index in [-0.39, 0.29) is 17.0 Å². The van der Waals surface area contributed by atoms with E-state index in [1.165, 1.54) is 24.2 Å². The Hall–Kier alpha value is -3.42. The first-order valence-electron chi connectivity index (χ1n) is 14.0. The fraction of sp³-hybridized carbons (Fsp3) is 0.517. The number of nitrogens with zero attached hydrogens (tertiary/aromatic N) is 4. The second-order valence-corrected chi connectivity index (χ2v) is 11.5. The summed E-state index contributed by atoms with van der Waals surface area (Å²) in [5.41, 5.74) is 1.18. The van der Waals surface area contributed by atoms with Crippen molar-refractivity contribution in [1.82, 2.24) is 14.8 Å². The predicted molar refractivity (Wildman–Crippen MR) is 154 cm³/mol. The van der Waals surface area contributed by atoms with Crippen LogP contribution in [0.3, 0.4) is 0 Å². The molecule has 39 heavy (non-hydrogen) atoms. The van der Waals surface area contributed by atoms with Gasteiger partial charge in [-0.25, -0.2) is 4.99 Å². The molecule has 0 unspecified atom stereocenters. The second kappa shape index (κ2) is 12.2. The van der Waals surface area contributed by atoms with E-state index in [0.29, 0.717) is 51.6 Å². The molecule has 2 aliphatic heterocycles. The van der Waals surface area contributed by atoms with E-state index in [4.69, 9.17) is 9.73 Å². The normalized spacial score (nSPS) is 19.6. The SMILES string of the molecule is CCn1c(=C(C#N)C2=NC3(CCCC3)CO2)sc(=CNc2cccc(C(=O)NCCCN3CCCC3)c2)c1=O. The van der Waals surface area contributed by atoms with Gasteiger partial charge in [0.25, 0.3) is 11.5 Å². The zero-order valence-corrected chi connectivity index (χ0v) is 23.3. The molecule has 10 heteroatoms. The van der Waals surface area contributed by atoms with Gasteiger partial charge in [0.05, 0.1) is 5.54 Å². The van der Waals surface area contributed by atoms with Gasteiger partial charge in [-0.1, -0.05) is 18.9 Å². The summed E-state index contributed by atoms with van der Waals surface area (Å²) in [5.74, 6) is 0.235. The molecule has 9 nitrogen and oxygen atoms in total. The molecule has 1 aromatic carbocycles. The number of ether oxygens (including phenoxy) is 1. The standard InChI is InChI=1S/C29H36N6O3S/c1-2-35-27(37)24(39-28(35)23(18-30)26-33-29(20-38-26)11-3-4-12-29)19-32-22-10-7-9-21(17-22)25(36)31-13-8-16-34-14-5-6-15-34/h7,9-10,17,19,32H,2-6,8,11-16,20H2,1H3,(H,31,36). The highest BCUT2D eigenvalue weighted by Gasteiger charge is 2.40. The first-order chi connectivity index (χ1) is 19.0. The van der Waals surface area contributed by atoms with Crippen molar-refractivity contribution in [3.8, 4) is 6.07 Å². The van der Waals surface area contributed by atoms with E-state index in [9.17, 15) is 14.9 Å². The molecule has 1 saturated heterocycles. The Labute approximate surface area is 232 Å². The van der Waals surface area contributed by atoms with Crippen LogP contribution in [-0.2, 0) is 11.3 Å². The van der Waals surface area contributed by atoms with Crippen LogP contribution in [0.1, 0.15) is 62.2 Å². The van der Waals surface area contributed by atoms with Crippen LogP contribution >= 0.6 is 11.3 Å². The Morgan fingerprint density at radius 3 is 2.79 bits per heavy atom. The molecule has 0 radical (unpaired) electrons. The number of thiazole rings is 1. The summed E-state index contributed by atoms with van der Waals surface area (Å²) in [6, 6.07) is 9.46. The number of likely N-dealkylation sites (tertiary alicyclic amines) is 1. The largest absolute Gasteiger partial charge is 0.474 e. The minimum absolute atomic E-state index is 0.113. The average Bonchev–Trinajstić information content (AvgIpc) is 3.76. The van der Waals surface area contributed by atoms with Crippen LogP contribution in [0, 0.1) is 11.3 Å². The topological polar surface area (TPSA) is 112 Å². The molecule has 0 atom stereocenters. The third-order valence-electron chi connectivity index (χ3n) is 7.74. The number of carbonyl (C=O) groups is 1. The number of hydrogen-bond acceptors (Lipinski definition) is 8. The molecule has 3 heterocycles. The number of rotatable bonds is 9. The maximum atomic E-state index is 13.2. The molecule has 2 aromatic rings. The number of amides is 1. The Balaban J connectivity index is 1.32. The molecule has 2 fully saturated rings. The van der Waals surface area contributed by atoms with Crippen LogP contribution < -0.4 is 25.4 Å². The van der Waals surface area contributed by atoms with Crippen molar-refractivity contribution in [2.75, 3.05) is 38.1 Å². The zero-order chi connectivity index (χ0) is 27.2. The highest BCUT2D eigenvalue weighted by molar-refractivity contribution is 7.07. The lowest BCUT2D eigenvalue weighted by atomic mass is 10.0. The minimum atomic E-state index is -0.215. The Kier molecular flexibility index (Phi) is 8.48. The molecule has 0 bridgehead atoms. The van der Waals surface area contributed by atoms with Gasteiger partial charge in [-0.2, -0.15) is 5.26 Å². The lowest BCUT2D eigenvalue weighted by Crippen LogP contribution is -2.32. The number of aromatic nitrogens is 1. The van der Waals surface area contributed by atoms with E-state index in [2.05, 4.69) is 21.6 Å². The highest BCUT2D eigenvalue weighted by atomic mass is 32.1. The van der Waals surface area contributed by atoms with Crippen LogP contribution in [-0.4, -0.2) is 59.6 Å². The Bertz CT molecular complexity index is 1450. The van der Waals surface area contributed by atoms with Crippen molar-refractivity contribution >= 4 is 40.6 Å². The molecular weight excluding hydrogens is 512 g/mol. The molecule has 1 spiro atoms. The van der Waals surface area contributed by atoms with E-state index in [0.717, 1.165) is 51.7 Å². The van der Waals surface area contributed by atoms with Crippen molar-refractivity contribution in [2.45, 2.75) is 64.0 Å². The summed E-state index contributed by atoms with van der Waals surface area (Å²) in [6.07, 6.45) is 9.29. The molecule has 3 aliphatic rings. The number of benzene rings is 1. The molecule has 1 aliphatic carbocycles. The summed E-state index contributed by atoms with van der Waals surface area (Å²) in [6.45, 7) is 6.78.